The van der Waals surface area contributed by atoms with Gasteiger partial charge >= 0.3 is 0 Å². The molecule has 2 rings (SSSR count). The summed E-state index contributed by atoms with van der Waals surface area (Å²) < 4.78 is 0. The second-order valence-electron chi connectivity index (χ2n) is 3.86. The Hall–Kier alpha value is -2.36. The first kappa shape index (κ1) is 12.1. The van der Waals surface area contributed by atoms with E-state index in [0.29, 0.717) is 6.54 Å². The summed E-state index contributed by atoms with van der Waals surface area (Å²) in [4.78, 5) is 18.4. The molecule has 2 N–H and O–H groups in total. The third-order valence-electron chi connectivity index (χ3n) is 2.48. The third-order valence-corrected chi connectivity index (χ3v) is 2.48. The Labute approximate surface area is 106 Å². The number of nitrogens with zero attached hydrogens (tertiary/aromatic N) is 1. The summed E-state index contributed by atoms with van der Waals surface area (Å²) in [5, 5.41) is 2.82. The van der Waals surface area contributed by atoms with Crippen LogP contribution < -0.4 is 5.32 Å². The zero-order valence-corrected chi connectivity index (χ0v) is 9.97. The Kier molecular flexibility index (Phi) is 4.30. The van der Waals surface area contributed by atoms with E-state index < -0.39 is 0 Å². The number of aromatic amines is 1. The molecule has 0 saturated carbocycles. The number of benzene rings is 1. The minimum atomic E-state index is -0.0848. The summed E-state index contributed by atoms with van der Waals surface area (Å²) >= 11 is 0. The van der Waals surface area contributed by atoms with Crippen molar-refractivity contribution in [3.63, 3.8) is 0 Å². The number of amides is 1. The maximum Gasteiger partial charge on any atom is 0.244 e. The van der Waals surface area contributed by atoms with E-state index in [-0.39, 0.29) is 5.91 Å². The van der Waals surface area contributed by atoms with Crippen molar-refractivity contribution in [2.75, 3.05) is 6.54 Å². The van der Waals surface area contributed by atoms with Gasteiger partial charge in [0.05, 0.1) is 6.33 Å². The van der Waals surface area contributed by atoms with Gasteiger partial charge in [-0.3, -0.25) is 4.79 Å². The number of H-pyrrole nitrogens is 1. The molecule has 1 aromatic heterocycles. The summed E-state index contributed by atoms with van der Waals surface area (Å²) in [7, 11) is 0. The van der Waals surface area contributed by atoms with Gasteiger partial charge < -0.3 is 10.3 Å². The molecule has 4 nitrogen and oxygen atoms in total. The highest BCUT2D eigenvalue weighted by Crippen LogP contribution is 2.00. The molecule has 1 amide bonds. The Bertz CT molecular complexity index is 503. The number of hydrogen-bond donors (Lipinski definition) is 2. The highest BCUT2D eigenvalue weighted by Gasteiger charge is 1.96. The van der Waals surface area contributed by atoms with Crippen LogP contribution in [0.5, 0.6) is 0 Å². The summed E-state index contributed by atoms with van der Waals surface area (Å²) in [5.74, 6) is -0.0848. The van der Waals surface area contributed by atoms with Gasteiger partial charge in [-0.25, -0.2) is 4.98 Å². The molecule has 18 heavy (non-hydrogen) atoms. The molecule has 92 valence electrons. The van der Waals surface area contributed by atoms with E-state index in [0.717, 1.165) is 17.7 Å². The summed E-state index contributed by atoms with van der Waals surface area (Å²) in [6.45, 7) is 0.597. The number of hydrogen-bond acceptors (Lipinski definition) is 2. The van der Waals surface area contributed by atoms with E-state index >= 15 is 0 Å². The van der Waals surface area contributed by atoms with Crippen molar-refractivity contribution in [2.24, 2.45) is 0 Å². The number of rotatable bonds is 5. The Balaban J connectivity index is 1.74. The number of nitrogens with one attached hydrogen (secondary N) is 2. The van der Waals surface area contributed by atoms with E-state index in [1.54, 1.807) is 24.7 Å². The smallest absolute Gasteiger partial charge is 0.244 e. The maximum atomic E-state index is 11.5. The molecular weight excluding hydrogens is 226 g/mol. The van der Waals surface area contributed by atoms with E-state index in [1.165, 1.54) is 0 Å². The number of carbonyl (C=O) groups is 1. The lowest BCUT2D eigenvalue weighted by atomic mass is 10.2. The lowest BCUT2D eigenvalue weighted by Crippen LogP contribution is -2.23. The van der Waals surface area contributed by atoms with E-state index in [1.807, 2.05) is 30.3 Å². The van der Waals surface area contributed by atoms with E-state index in [4.69, 9.17) is 0 Å². The molecule has 4 heteroatoms. The zero-order chi connectivity index (χ0) is 12.6. The quantitative estimate of drug-likeness (QED) is 0.784. The molecule has 0 aliphatic heterocycles. The number of aromatic nitrogens is 2. The molecule has 1 heterocycles. The molecule has 2 aromatic rings. The molecule has 0 spiro atoms. The minimum absolute atomic E-state index is 0.0848. The van der Waals surface area contributed by atoms with Crippen LogP contribution in [0, 0.1) is 0 Å². The largest absolute Gasteiger partial charge is 0.352 e. The maximum absolute atomic E-state index is 11.5. The predicted molar refractivity (Wildman–Crippen MR) is 70.8 cm³/mol. The fourth-order valence-corrected chi connectivity index (χ4v) is 1.54. The van der Waals surface area contributed by atoms with Crippen molar-refractivity contribution in [2.45, 2.75) is 6.42 Å². The highest BCUT2D eigenvalue weighted by molar-refractivity contribution is 5.91. The molecule has 0 atom stereocenters. The third kappa shape index (κ3) is 3.90. The average molecular weight is 241 g/mol. The molecule has 0 aliphatic rings. The van der Waals surface area contributed by atoms with Crippen LogP contribution in [0.15, 0.2) is 48.9 Å². The molecule has 1 aromatic carbocycles. The van der Waals surface area contributed by atoms with Gasteiger partial charge in [0.2, 0.25) is 5.91 Å². The average Bonchev–Trinajstić information content (AvgIpc) is 2.91. The number of imidazole rings is 1. The molecule has 0 bridgehead atoms. The second-order valence-corrected chi connectivity index (χ2v) is 3.86. The predicted octanol–water partition coefficient (Wildman–Crippen LogP) is 1.78. The first-order valence-corrected chi connectivity index (χ1v) is 5.83. The van der Waals surface area contributed by atoms with Crippen molar-refractivity contribution >= 4 is 12.0 Å². The molecule has 0 aliphatic carbocycles. The van der Waals surface area contributed by atoms with Crippen LogP contribution in [0.1, 0.15) is 11.3 Å². The van der Waals surface area contributed by atoms with Crippen LogP contribution in [0.2, 0.25) is 0 Å². The van der Waals surface area contributed by atoms with Gasteiger partial charge in [-0.2, -0.15) is 0 Å². The minimum Gasteiger partial charge on any atom is -0.352 e. The Morgan fingerprint density at radius 3 is 2.89 bits per heavy atom. The lowest BCUT2D eigenvalue weighted by molar-refractivity contribution is -0.116. The SMILES string of the molecule is O=C(/C=C\c1ccccc1)NCCc1cnc[nH]1. The fourth-order valence-electron chi connectivity index (χ4n) is 1.54. The topological polar surface area (TPSA) is 57.8 Å². The zero-order valence-electron chi connectivity index (χ0n) is 9.97. The van der Waals surface area contributed by atoms with Gasteiger partial charge in [-0.15, -0.1) is 0 Å². The molecular formula is C14H15N3O. The highest BCUT2D eigenvalue weighted by atomic mass is 16.1. The van der Waals surface area contributed by atoms with Gasteiger partial charge in [0.1, 0.15) is 0 Å². The summed E-state index contributed by atoms with van der Waals surface area (Å²) in [5.41, 5.74) is 2.03. The monoisotopic (exact) mass is 241 g/mol. The Morgan fingerprint density at radius 2 is 2.17 bits per heavy atom. The van der Waals surface area contributed by atoms with Gasteiger partial charge in [0.15, 0.2) is 0 Å². The summed E-state index contributed by atoms with van der Waals surface area (Å²) in [6.07, 6.45) is 7.48. The first-order valence-electron chi connectivity index (χ1n) is 5.83. The fraction of sp³-hybridized carbons (Fsp3) is 0.143. The lowest BCUT2D eigenvalue weighted by Gasteiger charge is -2.00. The van der Waals surface area contributed by atoms with E-state index in [2.05, 4.69) is 15.3 Å². The standard InChI is InChI=1S/C14H15N3O/c18-14(7-6-12-4-2-1-3-5-12)16-9-8-13-10-15-11-17-13/h1-7,10-11H,8-9H2,(H,15,17)(H,16,18)/b7-6-. The van der Waals surface area contributed by atoms with Crippen molar-refractivity contribution in [3.8, 4) is 0 Å². The first-order chi connectivity index (χ1) is 8.84. The molecule has 0 radical (unpaired) electrons. The van der Waals surface area contributed by atoms with Crippen LogP contribution in [0.3, 0.4) is 0 Å². The molecule has 0 fully saturated rings. The van der Waals surface area contributed by atoms with Crippen LogP contribution in [-0.4, -0.2) is 22.4 Å². The van der Waals surface area contributed by atoms with E-state index in [9.17, 15) is 4.79 Å². The van der Waals surface area contributed by atoms with Crippen LogP contribution in [0.4, 0.5) is 0 Å². The van der Waals surface area contributed by atoms with Crippen LogP contribution in [-0.2, 0) is 11.2 Å². The number of carbonyl (C=O) groups excluding carboxylic acids is 1. The Morgan fingerprint density at radius 1 is 1.33 bits per heavy atom. The summed E-state index contributed by atoms with van der Waals surface area (Å²) in [6, 6.07) is 9.73. The van der Waals surface area contributed by atoms with Gasteiger partial charge in [-0.05, 0) is 11.6 Å². The van der Waals surface area contributed by atoms with Gasteiger partial charge in [-0.1, -0.05) is 30.3 Å². The van der Waals surface area contributed by atoms with Crippen LogP contribution >= 0.6 is 0 Å². The molecule has 0 unspecified atom stereocenters. The van der Waals surface area contributed by atoms with Crippen molar-refractivity contribution in [3.05, 3.63) is 60.2 Å². The second kappa shape index (κ2) is 6.39. The van der Waals surface area contributed by atoms with Crippen molar-refractivity contribution in [1.82, 2.24) is 15.3 Å². The molecule has 0 saturated heterocycles. The van der Waals surface area contributed by atoms with Crippen molar-refractivity contribution in [1.29, 1.82) is 0 Å². The van der Waals surface area contributed by atoms with Crippen LogP contribution in [0.25, 0.3) is 6.08 Å². The van der Waals surface area contributed by atoms with Crippen molar-refractivity contribution < 1.29 is 4.79 Å². The normalized spacial score (nSPS) is 10.7. The van der Waals surface area contributed by atoms with Gasteiger partial charge in [0, 0.05) is 30.9 Å². The van der Waals surface area contributed by atoms with Gasteiger partial charge in [0.25, 0.3) is 0 Å².